The van der Waals surface area contributed by atoms with Gasteiger partial charge in [-0.3, -0.25) is 4.99 Å². The molecule has 1 heterocycles. The highest BCUT2D eigenvalue weighted by molar-refractivity contribution is 14.0. The summed E-state index contributed by atoms with van der Waals surface area (Å²) < 4.78 is 40.7. The van der Waals surface area contributed by atoms with Crippen LogP contribution in [-0.4, -0.2) is 49.3 Å². The number of nitrogens with zero attached hydrogens (tertiary/aromatic N) is 2. The number of rotatable bonds is 9. The first-order valence-corrected chi connectivity index (χ1v) is 8.92. The summed E-state index contributed by atoms with van der Waals surface area (Å²) in [5.74, 6) is 1.77. The zero-order chi connectivity index (χ0) is 17.8. The molecule has 25 heavy (non-hydrogen) atoms. The van der Waals surface area contributed by atoms with Crippen molar-refractivity contribution in [3.8, 4) is 5.88 Å². The van der Waals surface area contributed by atoms with Crippen molar-refractivity contribution in [1.29, 1.82) is 0 Å². The molecule has 2 N–H and O–H groups in total. The lowest BCUT2D eigenvalue weighted by molar-refractivity contribution is -0.154. The molecule has 1 aromatic heterocycles. The number of halogens is 4. The summed E-state index contributed by atoms with van der Waals surface area (Å²) in [5, 5.41) is 6.33. The van der Waals surface area contributed by atoms with E-state index in [-0.39, 0.29) is 29.9 Å². The van der Waals surface area contributed by atoms with Crippen LogP contribution < -0.4 is 15.4 Å². The van der Waals surface area contributed by atoms with E-state index in [1.54, 1.807) is 13.1 Å². The number of thioether (sulfide) groups is 1. The van der Waals surface area contributed by atoms with E-state index in [0.29, 0.717) is 12.5 Å². The van der Waals surface area contributed by atoms with E-state index >= 15 is 0 Å². The number of aliphatic imine (C=N–C) groups is 1. The number of ether oxygens (including phenoxy) is 1. The lowest BCUT2D eigenvalue weighted by Gasteiger charge is -2.12. The van der Waals surface area contributed by atoms with Crippen LogP contribution in [0.25, 0.3) is 0 Å². The zero-order valence-electron chi connectivity index (χ0n) is 14.2. The number of pyridine rings is 1. The van der Waals surface area contributed by atoms with Crippen molar-refractivity contribution in [2.75, 3.05) is 32.2 Å². The second-order valence-electron chi connectivity index (χ2n) is 4.96. The molecule has 1 aromatic rings. The third-order valence-electron chi connectivity index (χ3n) is 2.93. The molecule has 1 rings (SSSR count). The quantitative estimate of drug-likeness (QED) is 0.240. The lowest BCUT2D eigenvalue weighted by Crippen LogP contribution is -2.37. The van der Waals surface area contributed by atoms with Gasteiger partial charge in [0.05, 0.1) is 0 Å². The van der Waals surface area contributed by atoms with Crippen LogP contribution in [0.15, 0.2) is 23.3 Å². The molecular formula is C15H24F3IN4OS. The van der Waals surface area contributed by atoms with Crippen LogP contribution >= 0.6 is 35.7 Å². The normalized spacial score (nSPS) is 11.6. The van der Waals surface area contributed by atoms with Gasteiger partial charge in [-0.25, -0.2) is 4.98 Å². The minimum atomic E-state index is -4.37. The second kappa shape index (κ2) is 13.3. The molecule has 10 heteroatoms. The standard InChI is InChI=1S/C15H23F3N4OS.HI/c1-19-14(20-7-3-4-8-24-2)22-10-12-5-6-13(21-9-12)23-11-15(16,17)18;/h5-6,9H,3-4,7-8,10-11H2,1-2H3,(H2,19,20,22);1H. The lowest BCUT2D eigenvalue weighted by atomic mass is 10.3. The van der Waals surface area contributed by atoms with Gasteiger partial charge in [-0.05, 0) is 30.4 Å². The van der Waals surface area contributed by atoms with Crippen LogP contribution in [0.5, 0.6) is 5.88 Å². The van der Waals surface area contributed by atoms with E-state index in [1.807, 2.05) is 11.8 Å². The molecule has 0 unspecified atom stereocenters. The molecule has 144 valence electrons. The van der Waals surface area contributed by atoms with Gasteiger partial charge in [0.15, 0.2) is 12.6 Å². The Morgan fingerprint density at radius 2 is 2.04 bits per heavy atom. The Morgan fingerprint density at radius 3 is 2.60 bits per heavy atom. The summed E-state index contributed by atoms with van der Waals surface area (Å²) in [5.41, 5.74) is 0.819. The highest BCUT2D eigenvalue weighted by Crippen LogP contribution is 2.16. The summed E-state index contributed by atoms with van der Waals surface area (Å²) >= 11 is 1.83. The van der Waals surface area contributed by atoms with Gasteiger partial charge in [0.1, 0.15) is 0 Å². The molecule has 5 nitrogen and oxygen atoms in total. The fraction of sp³-hybridized carbons (Fsp3) is 0.600. The summed E-state index contributed by atoms with van der Waals surface area (Å²) in [6, 6.07) is 3.08. The molecule has 0 radical (unpaired) electrons. The fourth-order valence-electron chi connectivity index (χ4n) is 1.74. The van der Waals surface area contributed by atoms with Crippen molar-refractivity contribution in [3.63, 3.8) is 0 Å². The molecule has 0 aliphatic carbocycles. The Hall–Kier alpha value is -0.910. The van der Waals surface area contributed by atoms with Crippen LogP contribution in [0.4, 0.5) is 13.2 Å². The molecule has 0 atom stereocenters. The Bertz CT molecular complexity index is 501. The number of unbranched alkanes of at least 4 members (excludes halogenated alkanes) is 1. The number of nitrogens with one attached hydrogen (secondary N) is 2. The average molecular weight is 492 g/mol. The number of aromatic nitrogens is 1. The molecule has 0 bridgehead atoms. The smallest absolute Gasteiger partial charge is 0.422 e. The Labute approximate surface area is 167 Å². The van der Waals surface area contributed by atoms with Crippen LogP contribution in [0, 0.1) is 0 Å². The number of hydrogen-bond acceptors (Lipinski definition) is 4. The highest BCUT2D eigenvalue weighted by atomic mass is 127. The molecule has 0 saturated heterocycles. The average Bonchev–Trinajstić information content (AvgIpc) is 2.56. The van der Waals surface area contributed by atoms with Gasteiger partial charge < -0.3 is 15.4 Å². The van der Waals surface area contributed by atoms with E-state index in [2.05, 4.69) is 31.6 Å². The van der Waals surface area contributed by atoms with Gasteiger partial charge in [-0.2, -0.15) is 24.9 Å². The van der Waals surface area contributed by atoms with Gasteiger partial charge >= 0.3 is 6.18 Å². The van der Waals surface area contributed by atoms with Gasteiger partial charge in [0.25, 0.3) is 0 Å². The van der Waals surface area contributed by atoms with Gasteiger partial charge in [-0.1, -0.05) is 6.07 Å². The van der Waals surface area contributed by atoms with E-state index in [9.17, 15) is 13.2 Å². The summed E-state index contributed by atoms with van der Waals surface area (Å²) in [7, 11) is 1.68. The fourth-order valence-corrected chi connectivity index (χ4v) is 2.23. The zero-order valence-corrected chi connectivity index (χ0v) is 17.4. The van der Waals surface area contributed by atoms with Gasteiger partial charge in [0, 0.05) is 32.4 Å². The predicted molar refractivity (Wildman–Crippen MR) is 107 cm³/mol. The molecule has 0 fully saturated rings. The predicted octanol–water partition coefficient (Wildman–Crippen LogP) is 3.45. The van der Waals surface area contributed by atoms with E-state index in [1.165, 1.54) is 12.3 Å². The third-order valence-corrected chi connectivity index (χ3v) is 3.63. The van der Waals surface area contributed by atoms with Crippen LogP contribution in [0.2, 0.25) is 0 Å². The number of guanidine groups is 1. The Balaban J connectivity index is 0.00000576. The summed E-state index contributed by atoms with van der Waals surface area (Å²) in [6.45, 7) is -0.0373. The molecule has 0 aliphatic heterocycles. The SMILES string of the molecule is CN=C(NCCCCSC)NCc1ccc(OCC(F)(F)F)nc1.I. The van der Waals surface area contributed by atoms with Crippen molar-refractivity contribution in [3.05, 3.63) is 23.9 Å². The largest absolute Gasteiger partial charge is 0.468 e. The molecule has 0 saturated carbocycles. The first kappa shape index (κ1) is 24.1. The summed E-state index contributed by atoms with van der Waals surface area (Å²) in [6.07, 6.45) is 1.41. The minimum absolute atomic E-state index is 0. The number of alkyl halides is 3. The van der Waals surface area contributed by atoms with Crippen molar-refractivity contribution >= 4 is 41.7 Å². The minimum Gasteiger partial charge on any atom is -0.468 e. The van der Waals surface area contributed by atoms with Crippen molar-refractivity contribution in [1.82, 2.24) is 15.6 Å². The molecular weight excluding hydrogens is 468 g/mol. The van der Waals surface area contributed by atoms with Crippen LogP contribution in [0.3, 0.4) is 0 Å². The van der Waals surface area contributed by atoms with Crippen molar-refractivity contribution in [2.45, 2.75) is 25.6 Å². The monoisotopic (exact) mass is 492 g/mol. The molecule has 0 amide bonds. The molecule has 0 aliphatic rings. The van der Waals surface area contributed by atoms with Gasteiger partial charge in [0.2, 0.25) is 5.88 Å². The van der Waals surface area contributed by atoms with Gasteiger partial charge in [-0.15, -0.1) is 24.0 Å². The maximum Gasteiger partial charge on any atom is 0.422 e. The maximum absolute atomic E-state index is 12.1. The Morgan fingerprint density at radius 1 is 1.28 bits per heavy atom. The maximum atomic E-state index is 12.1. The highest BCUT2D eigenvalue weighted by Gasteiger charge is 2.28. The van der Waals surface area contributed by atoms with Crippen LogP contribution in [-0.2, 0) is 6.54 Å². The van der Waals surface area contributed by atoms with Crippen LogP contribution in [0.1, 0.15) is 18.4 Å². The van der Waals surface area contributed by atoms with E-state index in [0.717, 1.165) is 30.7 Å². The topological polar surface area (TPSA) is 58.5 Å². The first-order chi connectivity index (χ1) is 11.4. The molecule has 0 aromatic carbocycles. The second-order valence-corrected chi connectivity index (χ2v) is 5.95. The summed E-state index contributed by atoms with van der Waals surface area (Å²) in [4.78, 5) is 7.97. The van der Waals surface area contributed by atoms with E-state index < -0.39 is 12.8 Å². The number of hydrogen-bond donors (Lipinski definition) is 2. The van der Waals surface area contributed by atoms with Crippen molar-refractivity contribution < 1.29 is 17.9 Å². The van der Waals surface area contributed by atoms with Crippen molar-refractivity contribution in [2.24, 2.45) is 4.99 Å². The Kier molecular flexibility index (Phi) is 12.8. The van der Waals surface area contributed by atoms with E-state index in [4.69, 9.17) is 0 Å². The third kappa shape index (κ3) is 12.1. The molecule has 0 spiro atoms. The first-order valence-electron chi connectivity index (χ1n) is 7.52.